The van der Waals surface area contributed by atoms with Crippen LogP contribution in [0.25, 0.3) is 10.1 Å². The van der Waals surface area contributed by atoms with Crippen molar-refractivity contribution in [2.75, 3.05) is 37.6 Å². The number of thiophene rings is 1. The lowest BCUT2D eigenvalue weighted by Gasteiger charge is -2.28. The van der Waals surface area contributed by atoms with Gasteiger partial charge in [-0.15, -0.1) is 23.7 Å². The van der Waals surface area contributed by atoms with E-state index in [-0.39, 0.29) is 16.6 Å². The molecule has 0 unspecified atom stereocenters. The molecule has 4 N–H and O–H groups in total. The van der Waals surface area contributed by atoms with Gasteiger partial charge in [0.1, 0.15) is 10.0 Å². The molecule has 10 heteroatoms. The molecule has 0 amide bonds. The van der Waals surface area contributed by atoms with Gasteiger partial charge in [0, 0.05) is 42.5 Å². The zero-order valence-corrected chi connectivity index (χ0v) is 18.3. The monoisotopic (exact) mass is 456 g/mol. The van der Waals surface area contributed by atoms with Gasteiger partial charge in [0.05, 0.1) is 0 Å². The molecule has 1 saturated heterocycles. The van der Waals surface area contributed by atoms with Crippen molar-refractivity contribution in [3.8, 4) is 0 Å². The van der Waals surface area contributed by atoms with Crippen LogP contribution in [0.5, 0.6) is 0 Å². The summed E-state index contributed by atoms with van der Waals surface area (Å²) in [6, 6.07) is 13.5. The van der Waals surface area contributed by atoms with Gasteiger partial charge in [-0.1, -0.05) is 30.3 Å². The van der Waals surface area contributed by atoms with Crippen LogP contribution in [0.4, 0.5) is 5.82 Å². The molecule has 3 heterocycles. The number of aromatic nitrogens is 1. The molecule has 158 valence electrons. The van der Waals surface area contributed by atoms with Crippen molar-refractivity contribution in [2.45, 2.75) is 10.6 Å². The molecular formula is C19H25ClN4O3S2. The fourth-order valence-electron chi connectivity index (χ4n) is 2.99. The van der Waals surface area contributed by atoms with E-state index < -0.39 is 10.1 Å². The molecule has 3 aromatic rings. The molecule has 1 aliphatic rings. The summed E-state index contributed by atoms with van der Waals surface area (Å²) < 4.78 is 32.3. The summed E-state index contributed by atoms with van der Waals surface area (Å²) in [5.41, 5.74) is 6.68. The number of pyridine rings is 1. The smallest absolute Gasteiger partial charge is 0.304 e. The Kier molecular flexibility index (Phi) is 8.81. The van der Waals surface area contributed by atoms with Crippen LogP contribution in [-0.2, 0) is 16.5 Å². The Bertz CT molecular complexity index is 1010. The number of hydrogen-bond donors (Lipinski definition) is 3. The van der Waals surface area contributed by atoms with Gasteiger partial charge in [-0.3, -0.25) is 4.55 Å². The van der Waals surface area contributed by atoms with Gasteiger partial charge in [-0.25, -0.2) is 4.98 Å². The predicted molar refractivity (Wildman–Crippen MR) is 121 cm³/mol. The Morgan fingerprint density at radius 3 is 2.48 bits per heavy atom. The first-order valence-electron chi connectivity index (χ1n) is 9.05. The number of nitrogens with zero attached hydrogens (tertiary/aromatic N) is 2. The Labute approximate surface area is 181 Å². The van der Waals surface area contributed by atoms with E-state index in [0.717, 1.165) is 66.4 Å². The van der Waals surface area contributed by atoms with Gasteiger partial charge >= 0.3 is 10.1 Å². The second-order valence-corrected chi connectivity index (χ2v) is 9.08. The van der Waals surface area contributed by atoms with Gasteiger partial charge < -0.3 is 16.0 Å². The average Bonchev–Trinajstić information content (AvgIpc) is 3.15. The maximum absolute atomic E-state index is 11.2. The largest absolute Gasteiger partial charge is 0.354 e. The van der Waals surface area contributed by atoms with Crippen LogP contribution in [-0.4, -0.2) is 50.7 Å². The molecule has 2 aromatic heterocycles. The first kappa shape index (κ1) is 23.5. The second kappa shape index (κ2) is 10.9. The first-order valence-corrected chi connectivity index (χ1v) is 11.3. The van der Waals surface area contributed by atoms with Crippen molar-refractivity contribution in [1.29, 1.82) is 0 Å². The quantitative estimate of drug-likeness (QED) is 0.517. The summed E-state index contributed by atoms with van der Waals surface area (Å²) in [5.74, 6) is 0.783. The number of benzene rings is 1. The molecule has 0 radical (unpaired) electrons. The molecule has 0 aliphatic carbocycles. The van der Waals surface area contributed by atoms with Crippen LogP contribution in [0.3, 0.4) is 0 Å². The number of nitrogens with two attached hydrogens (primary N) is 1. The van der Waals surface area contributed by atoms with Crippen molar-refractivity contribution in [3.63, 3.8) is 0 Å². The highest BCUT2D eigenvalue weighted by Crippen LogP contribution is 2.34. The Balaban J connectivity index is 0.000000255. The maximum Gasteiger partial charge on any atom is 0.304 e. The van der Waals surface area contributed by atoms with Crippen LogP contribution in [0.2, 0.25) is 0 Å². The Morgan fingerprint density at radius 2 is 1.86 bits per heavy atom. The lowest BCUT2D eigenvalue weighted by Crippen LogP contribution is -2.43. The summed E-state index contributed by atoms with van der Waals surface area (Å²) in [4.78, 5) is 6.48. The molecule has 29 heavy (non-hydrogen) atoms. The summed E-state index contributed by atoms with van der Waals surface area (Å²) in [7, 11) is -4.15. The number of halogens is 1. The first-order chi connectivity index (χ1) is 13.5. The van der Waals surface area contributed by atoms with E-state index in [0.29, 0.717) is 0 Å². The van der Waals surface area contributed by atoms with Crippen LogP contribution in [0.1, 0.15) is 5.56 Å². The average molecular weight is 457 g/mol. The molecule has 0 spiro atoms. The van der Waals surface area contributed by atoms with Gasteiger partial charge in [-0.2, -0.15) is 8.42 Å². The molecule has 0 saturated carbocycles. The lowest BCUT2D eigenvalue weighted by atomic mass is 10.2. The van der Waals surface area contributed by atoms with Crippen molar-refractivity contribution in [3.05, 3.63) is 54.2 Å². The molecule has 0 bridgehead atoms. The van der Waals surface area contributed by atoms with E-state index in [9.17, 15) is 8.42 Å². The highest BCUT2D eigenvalue weighted by atomic mass is 35.5. The molecule has 1 aliphatic heterocycles. The van der Waals surface area contributed by atoms with E-state index >= 15 is 0 Å². The third-order valence-corrected chi connectivity index (χ3v) is 6.75. The van der Waals surface area contributed by atoms with E-state index in [1.165, 1.54) is 11.6 Å². The predicted octanol–water partition coefficient (Wildman–Crippen LogP) is 2.56. The van der Waals surface area contributed by atoms with Crippen LogP contribution in [0, 0.1) is 0 Å². The summed E-state index contributed by atoms with van der Waals surface area (Å²) in [6.45, 7) is 4.18. The third-order valence-electron chi connectivity index (χ3n) is 4.35. The fourth-order valence-corrected chi connectivity index (χ4v) is 4.73. The molecule has 1 fully saturated rings. The zero-order chi connectivity index (χ0) is 20.0. The molecule has 1 aromatic carbocycles. The summed E-state index contributed by atoms with van der Waals surface area (Å²) in [6.07, 6.45) is 2.66. The van der Waals surface area contributed by atoms with Crippen molar-refractivity contribution in [2.24, 2.45) is 5.73 Å². The van der Waals surface area contributed by atoms with Crippen LogP contribution in [0.15, 0.2) is 52.9 Å². The zero-order valence-electron chi connectivity index (χ0n) is 15.8. The maximum atomic E-state index is 11.2. The summed E-state index contributed by atoms with van der Waals surface area (Å²) in [5, 5.41) is 4.04. The summed E-state index contributed by atoms with van der Waals surface area (Å²) >= 11 is 1.06. The minimum atomic E-state index is -4.15. The minimum absolute atomic E-state index is 0. The molecule has 7 nitrogen and oxygen atoms in total. The van der Waals surface area contributed by atoms with Gasteiger partial charge in [0.2, 0.25) is 0 Å². The molecule has 4 rings (SSSR count). The van der Waals surface area contributed by atoms with Crippen molar-refractivity contribution < 1.29 is 13.0 Å². The lowest BCUT2D eigenvalue weighted by molar-refractivity contribution is 0.485. The van der Waals surface area contributed by atoms with E-state index in [4.69, 9.17) is 10.3 Å². The van der Waals surface area contributed by atoms with Crippen LogP contribution < -0.4 is 16.0 Å². The number of anilines is 1. The Morgan fingerprint density at radius 1 is 1.17 bits per heavy atom. The number of rotatable bonds is 4. The molecule has 0 atom stereocenters. The van der Waals surface area contributed by atoms with Crippen molar-refractivity contribution in [1.82, 2.24) is 10.3 Å². The standard InChI is InChI=1S/C11H13N3O3S2.C8H11N.ClH/c15-19(16,17)10-7-8-9(18-10)1-2-13-11(8)14-5-3-12-4-6-14;9-7-6-8-4-2-1-3-5-8;/h1-2,7,12H,3-6H2,(H,15,16,17);1-5H,6-7,9H2;1H. The normalized spacial score (nSPS) is 14.1. The van der Waals surface area contributed by atoms with Gasteiger partial charge in [0.15, 0.2) is 0 Å². The van der Waals surface area contributed by atoms with Gasteiger partial charge in [-0.05, 0) is 30.7 Å². The SMILES string of the molecule is Cl.NCCc1ccccc1.O=S(=O)(O)c1cc2c(N3CCNCC3)nccc2s1. The highest BCUT2D eigenvalue weighted by Gasteiger charge is 2.19. The van der Waals surface area contributed by atoms with E-state index in [1.54, 1.807) is 12.3 Å². The number of piperazine rings is 1. The van der Waals surface area contributed by atoms with E-state index in [1.807, 2.05) is 18.2 Å². The minimum Gasteiger partial charge on any atom is -0.354 e. The van der Waals surface area contributed by atoms with Crippen molar-refractivity contribution >= 4 is 49.8 Å². The number of hydrogen-bond acceptors (Lipinski definition) is 7. The third kappa shape index (κ3) is 6.36. The fraction of sp³-hybridized carbons (Fsp3) is 0.316. The van der Waals surface area contributed by atoms with E-state index in [2.05, 4.69) is 27.3 Å². The van der Waals surface area contributed by atoms with Gasteiger partial charge in [0.25, 0.3) is 0 Å². The van der Waals surface area contributed by atoms with Crippen LogP contribution >= 0.6 is 23.7 Å². The Hall–Kier alpha value is -1.75. The second-order valence-electron chi connectivity index (χ2n) is 6.35. The number of fused-ring (bicyclic) bond motifs is 1. The highest BCUT2D eigenvalue weighted by molar-refractivity contribution is 7.88. The number of nitrogens with one attached hydrogen (secondary N) is 1. The topological polar surface area (TPSA) is 109 Å². The molecular weight excluding hydrogens is 432 g/mol.